The molecule has 0 amide bonds. The number of aryl methyl sites for hydroxylation is 1. The van der Waals surface area contributed by atoms with Gasteiger partial charge in [-0.2, -0.15) is 0 Å². The van der Waals surface area contributed by atoms with Gasteiger partial charge in [0.2, 0.25) is 0 Å². The van der Waals surface area contributed by atoms with Crippen molar-refractivity contribution in [3.63, 3.8) is 0 Å². The number of nitrogens with one attached hydrogen (secondary N) is 3. The first kappa shape index (κ1) is 23.0. The van der Waals surface area contributed by atoms with E-state index in [2.05, 4.69) is 53.9 Å². The van der Waals surface area contributed by atoms with Crippen molar-refractivity contribution in [2.45, 2.75) is 46.0 Å². The summed E-state index contributed by atoms with van der Waals surface area (Å²) in [5.74, 6) is 0.928. The van der Waals surface area contributed by atoms with Gasteiger partial charge in [-0.1, -0.05) is 18.6 Å². The molecular weight excluding hydrogens is 463 g/mol. The minimum Gasteiger partial charge on any atom is -0.385 e. The molecule has 1 aliphatic carbocycles. The van der Waals surface area contributed by atoms with Gasteiger partial charge < -0.3 is 20.4 Å². The van der Waals surface area contributed by atoms with Gasteiger partial charge in [0, 0.05) is 50.5 Å². The van der Waals surface area contributed by atoms with Crippen LogP contribution in [0.4, 0.5) is 0 Å². The van der Waals surface area contributed by atoms with E-state index in [-0.39, 0.29) is 24.0 Å². The maximum Gasteiger partial charge on any atom is 0.191 e. The fourth-order valence-corrected chi connectivity index (χ4v) is 4.04. The minimum absolute atomic E-state index is 0. The Morgan fingerprint density at radius 2 is 2.11 bits per heavy atom. The van der Waals surface area contributed by atoms with Crippen LogP contribution in [0.1, 0.15) is 43.7 Å². The maximum atomic E-state index is 5.30. The molecule has 1 heterocycles. The summed E-state index contributed by atoms with van der Waals surface area (Å²) in [6, 6.07) is 6.42. The highest BCUT2D eigenvalue weighted by Gasteiger charge is 2.36. The van der Waals surface area contributed by atoms with Gasteiger partial charge >= 0.3 is 0 Å². The number of aliphatic imine (C=N–C) groups is 1. The number of aromatic nitrogens is 1. The third-order valence-corrected chi connectivity index (χ3v) is 5.85. The van der Waals surface area contributed by atoms with E-state index < -0.39 is 0 Å². The van der Waals surface area contributed by atoms with Crippen molar-refractivity contribution in [3.8, 4) is 0 Å². The molecule has 5 nitrogen and oxygen atoms in total. The quantitative estimate of drug-likeness (QED) is 0.273. The summed E-state index contributed by atoms with van der Waals surface area (Å²) in [4.78, 5) is 8.28. The number of benzene rings is 1. The number of ether oxygens (including phenoxy) is 1. The Labute approximate surface area is 186 Å². The molecule has 0 radical (unpaired) electrons. The standard InChI is InChI=1S/C22H34N4O.HI/c1-4-23-21(26-16-22(10-6-11-22)12-14-27-3)24-13-9-18-15-25-19-8-5-7-17(2)20(18)19;/h5,7-8,15,25H,4,6,9-14,16H2,1-3H3,(H2,23,24,26);1H. The van der Waals surface area contributed by atoms with Crippen LogP contribution in [0.25, 0.3) is 10.9 Å². The first-order valence-electron chi connectivity index (χ1n) is 10.2. The fourth-order valence-electron chi connectivity index (χ4n) is 4.04. The van der Waals surface area contributed by atoms with Crippen LogP contribution >= 0.6 is 24.0 Å². The predicted octanol–water partition coefficient (Wildman–Crippen LogP) is 4.40. The Balaban J connectivity index is 0.00000280. The van der Waals surface area contributed by atoms with Crippen molar-refractivity contribution in [1.29, 1.82) is 0 Å². The molecule has 0 bridgehead atoms. The van der Waals surface area contributed by atoms with E-state index in [1.165, 1.54) is 41.3 Å². The summed E-state index contributed by atoms with van der Waals surface area (Å²) in [5, 5.41) is 8.26. The van der Waals surface area contributed by atoms with Gasteiger partial charge in [-0.3, -0.25) is 4.99 Å². The minimum atomic E-state index is 0. The second-order valence-corrected chi connectivity index (χ2v) is 7.78. The molecule has 0 unspecified atom stereocenters. The summed E-state index contributed by atoms with van der Waals surface area (Å²) in [5.41, 5.74) is 4.26. The molecule has 156 valence electrons. The van der Waals surface area contributed by atoms with E-state index in [1.807, 2.05) is 0 Å². The highest BCUT2D eigenvalue weighted by molar-refractivity contribution is 14.0. The highest BCUT2D eigenvalue weighted by Crippen LogP contribution is 2.44. The summed E-state index contributed by atoms with van der Waals surface area (Å²) >= 11 is 0. The summed E-state index contributed by atoms with van der Waals surface area (Å²) in [6.07, 6.45) is 8.09. The van der Waals surface area contributed by atoms with Crippen LogP contribution in [-0.2, 0) is 11.2 Å². The van der Waals surface area contributed by atoms with Crippen LogP contribution < -0.4 is 10.6 Å². The van der Waals surface area contributed by atoms with E-state index in [1.54, 1.807) is 7.11 Å². The normalized spacial score (nSPS) is 15.8. The van der Waals surface area contributed by atoms with Crippen molar-refractivity contribution in [2.75, 3.05) is 33.4 Å². The van der Waals surface area contributed by atoms with Crippen molar-refractivity contribution in [3.05, 3.63) is 35.5 Å². The zero-order valence-corrected chi connectivity index (χ0v) is 19.8. The third-order valence-electron chi connectivity index (χ3n) is 5.85. The Hall–Kier alpha value is -1.28. The number of fused-ring (bicyclic) bond motifs is 1. The second-order valence-electron chi connectivity index (χ2n) is 7.78. The summed E-state index contributed by atoms with van der Waals surface area (Å²) in [7, 11) is 1.79. The van der Waals surface area contributed by atoms with Crippen LogP contribution in [0.2, 0.25) is 0 Å². The molecule has 3 rings (SSSR count). The van der Waals surface area contributed by atoms with Gasteiger partial charge in [0.25, 0.3) is 0 Å². The number of hydrogen-bond acceptors (Lipinski definition) is 2. The number of H-pyrrole nitrogens is 1. The second kappa shape index (κ2) is 11.0. The lowest BCUT2D eigenvalue weighted by Gasteiger charge is -2.40. The van der Waals surface area contributed by atoms with Gasteiger partial charge in [-0.15, -0.1) is 24.0 Å². The molecule has 0 aliphatic heterocycles. The van der Waals surface area contributed by atoms with E-state index in [4.69, 9.17) is 9.73 Å². The Morgan fingerprint density at radius 3 is 2.79 bits per heavy atom. The first-order chi connectivity index (χ1) is 13.2. The van der Waals surface area contributed by atoms with Crippen LogP contribution in [0, 0.1) is 12.3 Å². The van der Waals surface area contributed by atoms with E-state index in [0.717, 1.165) is 45.0 Å². The molecule has 0 spiro atoms. The molecule has 1 aromatic carbocycles. The molecular formula is C22H35IN4O. The molecule has 6 heteroatoms. The van der Waals surface area contributed by atoms with Crippen molar-refractivity contribution < 1.29 is 4.74 Å². The van der Waals surface area contributed by atoms with Gasteiger partial charge in [0.15, 0.2) is 5.96 Å². The van der Waals surface area contributed by atoms with Gasteiger partial charge in [-0.25, -0.2) is 0 Å². The van der Waals surface area contributed by atoms with Crippen molar-refractivity contribution in [1.82, 2.24) is 15.6 Å². The zero-order chi connectivity index (χ0) is 19.1. The lowest BCUT2D eigenvalue weighted by atomic mass is 9.67. The smallest absolute Gasteiger partial charge is 0.191 e. The fraction of sp³-hybridized carbons (Fsp3) is 0.591. The third kappa shape index (κ3) is 5.63. The molecule has 1 saturated carbocycles. The SMILES string of the molecule is CCNC(=NCC1(CCOC)CCC1)NCCc1c[nH]c2cccc(C)c12.I. The summed E-state index contributed by atoms with van der Waals surface area (Å²) < 4.78 is 5.30. The molecule has 0 atom stereocenters. The summed E-state index contributed by atoms with van der Waals surface area (Å²) in [6.45, 7) is 7.76. The Bertz CT molecular complexity index is 767. The topological polar surface area (TPSA) is 61.4 Å². The molecule has 1 fully saturated rings. The lowest BCUT2D eigenvalue weighted by molar-refractivity contribution is 0.0778. The molecule has 1 aromatic heterocycles. The lowest BCUT2D eigenvalue weighted by Crippen LogP contribution is -2.41. The van der Waals surface area contributed by atoms with Crippen LogP contribution in [0.5, 0.6) is 0 Å². The van der Waals surface area contributed by atoms with Crippen molar-refractivity contribution in [2.24, 2.45) is 10.4 Å². The van der Waals surface area contributed by atoms with Crippen LogP contribution in [0.15, 0.2) is 29.4 Å². The van der Waals surface area contributed by atoms with E-state index in [0.29, 0.717) is 5.41 Å². The maximum absolute atomic E-state index is 5.30. The van der Waals surface area contributed by atoms with Crippen LogP contribution in [-0.4, -0.2) is 44.3 Å². The van der Waals surface area contributed by atoms with Gasteiger partial charge in [0.05, 0.1) is 0 Å². The Kier molecular flexibility index (Phi) is 9.08. The van der Waals surface area contributed by atoms with Gasteiger partial charge in [0.1, 0.15) is 0 Å². The number of aromatic amines is 1. The number of nitrogens with zero attached hydrogens (tertiary/aromatic N) is 1. The number of hydrogen-bond donors (Lipinski definition) is 3. The molecule has 2 aromatic rings. The monoisotopic (exact) mass is 498 g/mol. The average Bonchev–Trinajstić information content (AvgIpc) is 3.05. The molecule has 28 heavy (non-hydrogen) atoms. The number of halogens is 1. The van der Waals surface area contributed by atoms with E-state index >= 15 is 0 Å². The molecule has 0 saturated heterocycles. The number of guanidine groups is 1. The molecule has 1 aliphatic rings. The largest absolute Gasteiger partial charge is 0.385 e. The Morgan fingerprint density at radius 1 is 1.29 bits per heavy atom. The number of rotatable bonds is 9. The molecule has 3 N–H and O–H groups in total. The average molecular weight is 498 g/mol. The number of methoxy groups -OCH3 is 1. The van der Waals surface area contributed by atoms with E-state index in [9.17, 15) is 0 Å². The highest BCUT2D eigenvalue weighted by atomic mass is 127. The first-order valence-corrected chi connectivity index (χ1v) is 10.2. The zero-order valence-electron chi connectivity index (χ0n) is 17.4. The van der Waals surface area contributed by atoms with Crippen molar-refractivity contribution >= 4 is 40.8 Å². The van der Waals surface area contributed by atoms with Crippen LogP contribution in [0.3, 0.4) is 0 Å². The van der Waals surface area contributed by atoms with Gasteiger partial charge in [-0.05, 0) is 62.1 Å². The predicted molar refractivity (Wildman–Crippen MR) is 129 cm³/mol.